The van der Waals surface area contributed by atoms with Gasteiger partial charge in [-0.1, -0.05) is 67.3 Å². The Morgan fingerprint density at radius 1 is 1.02 bits per heavy atom. The summed E-state index contributed by atoms with van der Waals surface area (Å²) >= 11 is 0. The van der Waals surface area contributed by atoms with Gasteiger partial charge in [0.15, 0.2) is 23.1 Å². The van der Waals surface area contributed by atoms with Gasteiger partial charge in [0, 0.05) is 31.0 Å². The first-order valence-electron chi connectivity index (χ1n) is 17.0. The van der Waals surface area contributed by atoms with Crippen molar-refractivity contribution in [3.8, 4) is 11.5 Å². The van der Waals surface area contributed by atoms with Crippen LogP contribution in [-0.2, 0) is 23.1 Å². The molecule has 0 aromatic heterocycles. The molecule has 2 unspecified atom stereocenters. The lowest BCUT2D eigenvalue weighted by Gasteiger charge is -2.39. The SMILES string of the molecule is C=C/C=C(\C=C/C)C(CCCNC(=O)CCc1ccc(F)c(F)c1)(CCCN1CCc2cc(OC)c(OC)cc2C1C)c1ccccc1. The van der Waals surface area contributed by atoms with Gasteiger partial charge < -0.3 is 14.8 Å². The Balaban J connectivity index is 1.48. The normalized spacial score (nSPS) is 16.3. The van der Waals surface area contributed by atoms with Crippen molar-refractivity contribution in [1.82, 2.24) is 10.2 Å². The summed E-state index contributed by atoms with van der Waals surface area (Å²) in [5.41, 5.74) is 5.36. The van der Waals surface area contributed by atoms with Gasteiger partial charge in [0.1, 0.15) is 0 Å². The third-order valence-corrected chi connectivity index (χ3v) is 9.61. The van der Waals surface area contributed by atoms with E-state index in [4.69, 9.17) is 9.47 Å². The maximum Gasteiger partial charge on any atom is 0.220 e. The molecule has 3 aromatic rings. The Bertz CT molecular complexity index is 1590. The number of ether oxygens (including phenoxy) is 2. The molecule has 1 aliphatic heterocycles. The lowest BCUT2D eigenvalue weighted by atomic mass is 9.67. The molecule has 48 heavy (non-hydrogen) atoms. The maximum absolute atomic E-state index is 13.6. The number of benzene rings is 3. The fourth-order valence-corrected chi connectivity index (χ4v) is 7.05. The highest BCUT2D eigenvalue weighted by Crippen LogP contribution is 2.43. The first kappa shape index (κ1) is 36.6. The number of aryl methyl sites for hydroxylation is 1. The van der Waals surface area contributed by atoms with Gasteiger partial charge in [-0.25, -0.2) is 8.78 Å². The van der Waals surface area contributed by atoms with Gasteiger partial charge in [0.05, 0.1) is 14.2 Å². The van der Waals surface area contributed by atoms with Crippen molar-refractivity contribution in [1.29, 1.82) is 0 Å². The Labute approximate surface area is 285 Å². The number of carbonyl (C=O) groups is 1. The lowest BCUT2D eigenvalue weighted by Crippen LogP contribution is -2.36. The van der Waals surface area contributed by atoms with E-state index in [1.807, 2.05) is 19.1 Å². The number of amides is 1. The summed E-state index contributed by atoms with van der Waals surface area (Å²) in [6.07, 6.45) is 13.3. The van der Waals surface area contributed by atoms with Crippen molar-refractivity contribution in [3.63, 3.8) is 0 Å². The topological polar surface area (TPSA) is 50.8 Å². The molecular weight excluding hydrogens is 606 g/mol. The summed E-state index contributed by atoms with van der Waals surface area (Å²) in [6, 6.07) is 18.9. The molecule has 2 atom stereocenters. The van der Waals surface area contributed by atoms with Gasteiger partial charge in [-0.15, -0.1) is 0 Å². The Kier molecular flexibility index (Phi) is 13.6. The molecule has 1 aliphatic rings. The third-order valence-electron chi connectivity index (χ3n) is 9.61. The number of rotatable bonds is 17. The van der Waals surface area contributed by atoms with E-state index in [2.05, 4.69) is 78.3 Å². The quantitative estimate of drug-likeness (QED) is 0.117. The maximum atomic E-state index is 13.6. The summed E-state index contributed by atoms with van der Waals surface area (Å²) < 4.78 is 38.1. The van der Waals surface area contributed by atoms with Crippen molar-refractivity contribution >= 4 is 5.91 Å². The second kappa shape index (κ2) is 17.8. The van der Waals surface area contributed by atoms with Gasteiger partial charge in [-0.3, -0.25) is 9.69 Å². The number of methoxy groups -OCH3 is 2. The molecule has 0 saturated heterocycles. The molecule has 256 valence electrons. The number of carbonyl (C=O) groups excluding carboxylic acids is 1. The van der Waals surface area contributed by atoms with Gasteiger partial charge in [-0.05, 0) is 111 Å². The van der Waals surface area contributed by atoms with Crippen LogP contribution in [0.4, 0.5) is 8.78 Å². The summed E-state index contributed by atoms with van der Waals surface area (Å²) in [4.78, 5) is 15.3. The van der Waals surface area contributed by atoms with Gasteiger partial charge in [0.25, 0.3) is 0 Å². The van der Waals surface area contributed by atoms with Crippen LogP contribution in [-0.4, -0.2) is 44.7 Å². The fourth-order valence-electron chi connectivity index (χ4n) is 7.05. The molecule has 0 fully saturated rings. The highest BCUT2D eigenvalue weighted by Gasteiger charge is 2.35. The van der Waals surface area contributed by atoms with Crippen LogP contribution >= 0.6 is 0 Å². The molecule has 5 nitrogen and oxygen atoms in total. The van der Waals surface area contributed by atoms with Gasteiger partial charge in [-0.2, -0.15) is 0 Å². The van der Waals surface area contributed by atoms with Gasteiger partial charge >= 0.3 is 0 Å². The second-order valence-electron chi connectivity index (χ2n) is 12.5. The molecule has 0 saturated carbocycles. The number of nitrogens with one attached hydrogen (secondary N) is 1. The minimum atomic E-state index is -0.893. The molecule has 0 spiro atoms. The first-order chi connectivity index (χ1) is 23.3. The van der Waals surface area contributed by atoms with Crippen molar-refractivity contribution in [2.75, 3.05) is 33.9 Å². The number of allylic oxidation sites excluding steroid dienone is 5. The van der Waals surface area contributed by atoms with Crippen molar-refractivity contribution in [2.45, 2.75) is 70.3 Å². The van der Waals surface area contributed by atoms with E-state index in [0.29, 0.717) is 18.5 Å². The number of hydrogen-bond acceptors (Lipinski definition) is 4. The lowest BCUT2D eigenvalue weighted by molar-refractivity contribution is -0.121. The van der Waals surface area contributed by atoms with Crippen LogP contribution < -0.4 is 14.8 Å². The average molecular weight is 657 g/mol. The molecule has 4 rings (SSSR count). The van der Waals surface area contributed by atoms with Crippen molar-refractivity contribution in [2.24, 2.45) is 0 Å². The fraction of sp³-hybridized carbons (Fsp3) is 0.390. The summed E-state index contributed by atoms with van der Waals surface area (Å²) in [5.74, 6) is -0.348. The van der Waals surface area contributed by atoms with E-state index >= 15 is 0 Å². The highest BCUT2D eigenvalue weighted by molar-refractivity contribution is 5.76. The molecule has 1 heterocycles. The average Bonchev–Trinajstić information content (AvgIpc) is 3.10. The van der Waals surface area contributed by atoms with Crippen LogP contribution in [0.5, 0.6) is 11.5 Å². The third kappa shape index (κ3) is 9.01. The second-order valence-corrected chi connectivity index (χ2v) is 12.5. The number of fused-ring (bicyclic) bond motifs is 1. The minimum absolute atomic E-state index is 0.103. The molecule has 3 aromatic carbocycles. The number of nitrogens with zero attached hydrogens (tertiary/aromatic N) is 1. The molecular formula is C41H50F2N2O3. The van der Waals surface area contributed by atoms with Crippen molar-refractivity contribution in [3.05, 3.63) is 131 Å². The zero-order valence-electron chi connectivity index (χ0n) is 28.9. The van der Waals surface area contributed by atoms with E-state index in [0.717, 1.165) is 68.8 Å². The summed E-state index contributed by atoms with van der Waals surface area (Å²) in [5, 5.41) is 3.05. The molecule has 0 bridgehead atoms. The van der Waals surface area contributed by atoms with E-state index < -0.39 is 11.6 Å². The molecule has 1 amide bonds. The molecule has 1 N–H and O–H groups in total. The van der Waals surface area contributed by atoms with E-state index in [-0.39, 0.29) is 23.8 Å². The van der Waals surface area contributed by atoms with E-state index in [9.17, 15) is 13.6 Å². The van der Waals surface area contributed by atoms with Crippen LogP contribution in [0.15, 0.2) is 97.1 Å². The summed E-state index contributed by atoms with van der Waals surface area (Å²) in [7, 11) is 3.36. The van der Waals surface area contributed by atoms with Crippen LogP contribution in [0.2, 0.25) is 0 Å². The summed E-state index contributed by atoms with van der Waals surface area (Å²) in [6.45, 7) is 10.8. The predicted molar refractivity (Wildman–Crippen MR) is 191 cm³/mol. The number of halogens is 2. The van der Waals surface area contributed by atoms with E-state index in [1.165, 1.54) is 28.3 Å². The minimum Gasteiger partial charge on any atom is -0.493 e. The Hall–Kier alpha value is -4.23. The molecule has 0 radical (unpaired) electrons. The van der Waals surface area contributed by atoms with Crippen LogP contribution in [0, 0.1) is 11.6 Å². The van der Waals surface area contributed by atoms with Crippen molar-refractivity contribution < 1.29 is 23.0 Å². The first-order valence-corrected chi connectivity index (χ1v) is 17.0. The Morgan fingerprint density at radius 3 is 2.44 bits per heavy atom. The highest BCUT2D eigenvalue weighted by atomic mass is 19.2. The molecule has 7 heteroatoms. The zero-order chi connectivity index (χ0) is 34.5. The molecule has 0 aliphatic carbocycles. The largest absolute Gasteiger partial charge is 0.493 e. The Morgan fingerprint density at radius 2 is 1.75 bits per heavy atom. The van der Waals surface area contributed by atoms with Crippen LogP contribution in [0.3, 0.4) is 0 Å². The smallest absolute Gasteiger partial charge is 0.220 e. The van der Waals surface area contributed by atoms with Crippen LogP contribution in [0.25, 0.3) is 0 Å². The van der Waals surface area contributed by atoms with Gasteiger partial charge in [0.2, 0.25) is 5.91 Å². The standard InChI is InChI=1S/C41H50F2N2O3/c1-6-13-33(14-7-2)41(34-15-9-8-10-16-34,22-11-24-44-40(46)20-18-31-17-19-36(42)37(43)27-31)23-12-25-45-26-21-32-28-38(47-4)39(48-5)29-35(32)30(45)3/h6-10,13-17,19,27-30H,1,11-12,18,20-26H2,2-5H3,(H,44,46)/b14-7-,33-13+. The van der Waals surface area contributed by atoms with E-state index in [1.54, 1.807) is 14.2 Å². The van der Waals surface area contributed by atoms with Crippen LogP contribution in [0.1, 0.15) is 74.2 Å². The monoisotopic (exact) mass is 656 g/mol. The zero-order valence-corrected chi connectivity index (χ0v) is 28.9. The predicted octanol–water partition coefficient (Wildman–Crippen LogP) is 8.84. The number of hydrogen-bond donors (Lipinski definition) is 1.